The Hall–Kier alpha value is -0.120. The maximum absolute atomic E-state index is 5.56. The van der Waals surface area contributed by atoms with Crippen molar-refractivity contribution in [3.63, 3.8) is 0 Å². The molecule has 0 bridgehead atoms. The SMILES string of the molecule is NN1CC2CNCC21. The van der Waals surface area contributed by atoms with Crippen molar-refractivity contribution in [2.45, 2.75) is 6.04 Å². The zero-order chi connectivity index (χ0) is 5.56. The molecular weight excluding hydrogens is 102 g/mol. The van der Waals surface area contributed by atoms with Gasteiger partial charge in [0, 0.05) is 31.6 Å². The van der Waals surface area contributed by atoms with Gasteiger partial charge in [0.2, 0.25) is 0 Å². The highest BCUT2D eigenvalue weighted by molar-refractivity contribution is 4.96. The van der Waals surface area contributed by atoms with E-state index in [1.807, 2.05) is 5.01 Å². The highest BCUT2D eigenvalue weighted by Gasteiger charge is 2.40. The molecule has 2 heterocycles. The van der Waals surface area contributed by atoms with Crippen molar-refractivity contribution in [1.29, 1.82) is 0 Å². The molecule has 46 valence electrons. The Bertz CT molecular complexity index is 104. The van der Waals surface area contributed by atoms with Crippen LogP contribution in [0.4, 0.5) is 0 Å². The zero-order valence-electron chi connectivity index (χ0n) is 4.80. The van der Waals surface area contributed by atoms with Crippen LogP contribution in [0.25, 0.3) is 0 Å². The second-order valence-corrected chi connectivity index (χ2v) is 2.68. The van der Waals surface area contributed by atoms with Gasteiger partial charge in [-0.1, -0.05) is 0 Å². The molecule has 2 unspecified atom stereocenters. The molecule has 3 nitrogen and oxygen atoms in total. The monoisotopic (exact) mass is 113 g/mol. The van der Waals surface area contributed by atoms with Crippen molar-refractivity contribution in [2.24, 2.45) is 11.8 Å². The Morgan fingerprint density at radius 1 is 1.50 bits per heavy atom. The van der Waals surface area contributed by atoms with E-state index in [4.69, 9.17) is 5.84 Å². The van der Waals surface area contributed by atoms with Gasteiger partial charge in [0.1, 0.15) is 0 Å². The van der Waals surface area contributed by atoms with E-state index >= 15 is 0 Å². The molecule has 2 fully saturated rings. The first-order chi connectivity index (χ1) is 3.88. The van der Waals surface area contributed by atoms with Gasteiger partial charge in [-0.15, -0.1) is 0 Å². The van der Waals surface area contributed by atoms with E-state index in [0.29, 0.717) is 6.04 Å². The van der Waals surface area contributed by atoms with Crippen LogP contribution in [0.3, 0.4) is 0 Å². The second-order valence-electron chi connectivity index (χ2n) is 2.68. The number of nitrogens with one attached hydrogen (secondary N) is 1. The molecule has 2 atom stereocenters. The smallest absolute Gasteiger partial charge is 0.0419 e. The average molecular weight is 113 g/mol. The van der Waals surface area contributed by atoms with Crippen LogP contribution in [-0.2, 0) is 0 Å². The fraction of sp³-hybridized carbons (Fsp3) is 1.00. The molecule has 0 amide bonds. The van der Waals surface area contributed by atoms with Gasteiger partial charge >= 0.3 is 0 Å². The van der Waals surface area contributed by atoms with Crippen molar-refractivity contribution in [2.75, 3.05) is 19.6 Å². The first kappa shape index (κ1) is 4.73. The lowest BCUT2D eigenvalue weighted by Gasteiger charge is -2.39. The molecule has 0 aromatic heterocycles. The highest BCUT2D eigenvalue weighted by atomic mass is 15.5. The largest absolute Gasteiger partial charge is 0.315 e. The molecule has 0 radical (unpaired) electrons. The topological polar surface area (TPSA) is 41.3 Å². The summed E-state index contributed by atoms with van der Waals surface area (Å²) in [6.07, 6.45) is 0. The number of hydrogen-bond donors (Lipinski definition) is 2. The first-order valence-electron chi connectivity index (χ1n) is 3.10. The predicted molar refractivity (Wildman–Crippen MR) is 31.0 cm³/mol. The summed E-state index contributed by atoms with van der Waals surface area (Å²) in [5.41, 5.74) is 0. The highest BCUT2D eigenvalue weighted by Crippen LogP contribution is 2.23. The Balaban J connectivity index is 2.02. The van der Waals surface area contributed by atoms with Crippen molar-refractivity contribution in [3.8, 4) is 0 Å². The summed E-state index contributed by atoms with van der Waals surface area (Å²) in [4.78, 5) is 0. The van der Waals surface area contributed by atoms with Crippen LogP contribution in [0.15, 0.2) is 0 Å². The van der Waals surface area contributed by atoms with E-state index in [2.05, 4.69) is 5.32 Å². The molecule has 2 aliphatic rings. The van der Waals surface area contributed by atoms with Crippen LogP contribution >= 0.6 is 0 Å². The van der Waals surface area contributed by atoms with Crippen LogP contribution < -0.4 is 11.2 Å². The van der Waals surface area contributed by atoms with E-state index in [0.717, 1.165) is 19.0 Å². The van der Waals surface area contributed by atoms with Crippen molar-refractivity contribution in [3.05, 3.63) is 0 Å². The Labute approximate surface area is 48.8 Å². The molecule has 2 saturated heterocycles. The zero-order valence-corrected chi connectivity index (χ0v) is 4.80. The summed E-state index contributed by atoms with van der Waals surface area (Å²) in [5, 5.41) is 5.21. The van der Waals surface area contributed by atoms with Crippen LogP contribution in [0.2, 0.25) is 0 Å². The van der Waals surface area contributed by atoms with Gasteiger partial charge in [-0.05, 0) is 0 Å². The van der Waals surface area contributed by atoms with Crippen molar-refractivity contribution < 1.29 is 0 Å². The van der Waals surface area contributed by atoms with E-state index in [9.17, 15) is 0 Å². The molecule has 3 heteroatoms. The summed E-state index contributed by atoms with van der Waals surface area (Å²) < 4.78 is 0. The summed E-state index contributed by atoms with van der Waals surface area (Å²) in [7, 11) is 0. The number of nitrogens with zero attached hydrogens (tertiary/aromatic N) is 1. The van der Waals surface area contributed by atoms with E-state index in [-0.39, 0.29) is 0 Å². The van der Waals surface area contributed by atoms with Crippen LogP contribution in [0.5, 0.6) is 0 Å². The second kappa shape index (κ2) is 1.43. The van der Waals surface area contributed by atoms with Crippen LogP contribution in [0, 0.1) is 5.92 Å². The lowest BCUT2D eigenvalue weighted by molar-refractivity contribution is 0.0519. The first-order valence-corrected chi connectivity index (χ1v) is 3.10. The van der Waals surface area contributed by atoms with Crippen molar-refractivity contribution in [1.82, 2.24) is 10.3 Å². The normalized spacial score (nSPS) is 46.1. The molecule has 2 rings (SSSR count). The van der Waals surface area contributed by atoms with Gasteiger partial charge in [-0.2, -0.15) is 0 Å². The van der Waals surface area contributed by atoms with Gasteiger partial charge in [0.25, 0.3) is 0 Å². The van der Waals surface area contributed by atoms with Gasteiger partial charge in [0.05, 0.1) is 0 Å². The third-order valence-corrected chi connectivity index (χ3v) is 2.18. The minimum absolute atomic E-state index is 0.662. The minimum Gasteiger partial charge on any atom is -0.315 e. The minimum atomic E-state index is 0.662. The summed E-state index contributed by atoms with van der Waals surface area (Å²) in [5.74, 6) is 6.42. The Morgan fingerprint density at radius 2 is 2.38 bits per heavy atom. The molecule has 0 aromatic carbocycles. The Kier molecular flexibility index (Phi) is 0.848. The molecule has 0 aliphatic carbocycles. The van der Waals surface area contributed by atoms with Gasteiger partial charge in [-0.25, -0.2) is 5.01 Å². The van der Waals surface area contributed by atoms with Crippen LogP contribution in [0.1, 0.15) is 0 Å². The lowest BCUT2D eigenvalue weighted by Crippen LogP contribution is -2.59. The maximum Gasteiger partial charge on any atom is 0.0419 e. The Morgan fingerprint density at radius 3 is 2.88 bits per heavy atom. The maximum atomic E-state index is 5.56. The van der Waals surface area contributed by atoms with Gasteiger partial charge in [0.15, 0.2) is 0 Å². The lowest BCUT2D eigenvalue weighted by atomic mass is 9.95. The number of hydrazine groups is 1. The standard InChI is InChI=1S/C5H11N3/c6-8-3-4-1-7-2-5(4)8/h4-5,7H,1-3,6H2. The fourth-order valence-electron chi connectivity index (χ4n) is 1.56. The molecule has 3 N–H and O–H groups in total. The summed E-state index contributed by atoms with van der Waals surface area (Å²) in [6.45, 7) is 3.37. The molecule has 0 saturated carbocycles. The van der Waals surface area contributed by atoms with E-state index < -0.39 is 0 Å². The fourth-order valence-corrected chi connectivity index (χ4v) is 1.56. The number of hydrogen-bond acceptors (Lipinski definition) is 3. The quantitative estimate of drug-likeness (QED) is 0.386. The van der Waals surface area contributed by atoms with Crippen molar-refractivity contribution >= 4 is 0 Å². The summed E-state index contributed by atoms with van der Waals surface area (Å²) >= 11 is 0. The summed E-state index contributed by atoms with van der Waals surface area (Å²) in [6, 6.07) is 0.662. The van der Waals surface area contributed by atoms with E-state index in [1.165, 1.54) is 6.54 Å². The van der Waals surface area contributed by atoms with E-state index in [1.54, 1.807) is 0 Å². The van der Waals surface area contributed by atoms with Crippen LogP contribution in [-0.4, -0.2) is 30.7 Å². The molecule has 0 aromatic rings. The molecular formula is C5H11N3. The van der Waals surface area contributed by atoms with Gasteiger partial charge < -0.3 is 5.32 Å². The average Bonchev–Trinajstić information content (AvgIpc) is 2.09. The molecule has 0 spiro atoms. The third kappa shape index (κ3) is 0.438. The number of fused-ring (bicyclic) bond motifs is 1. The molecule has 2 aliphatic heterocycles. The molecule has 8 heavy (non-hydrogen) atoms. The number of rotatable bonds is 0. The van der Waals surface area contributed by atoms with Gasteiger partial charge in [-0.3, -0.25) is 5.84 Å². The third-order valence-electron chi connectivity index (χ3n) is 2.18. The number of nitrogens with two attached hydrogens (primary N) is 1. The predicted octanol–water partition coefficient (Wildman–Crippen LogP) is -1.24.